The van der Waals surface area contributed by atoms with Crippen molar-refractivity contribution >= 4 is 11.6 Å². The minimum absolute atomic E-state index is 0.161. The average molecular weight is 228 g/mol. The Balaban J connectivity index is 2.14. The molecule has 2 unspecified atom stereocenters. The van der Waals surface area contributed by atoms with Crippen LogP contribution >= 0.6 is 0 Å². The standard InChI is InChI=1S/C14H16N2O/c1-11-10-13(11)14(17)16(9-5-8-15)12-6-3-2-4-7-12/h2-4,6-7,11,13H,5,9-10H2,1H3. The Morgan fingerprint density at radius 2 is 2.12 bits per heavy atom. The monoisotopic (exact) mass is 228 g/mol. The average Bonchev–Trinajstić information content (AvgIpc) is 3.08. The van der Waals surface area contributed by atoms with E-state index in [1.165, 1.54) is 0 Å². The van der Waals surface area contributed by atoms with Crippen LogP contribution in [0.2, 0.25) is 0 Å². The largest absolute Gasteiger partial charge is 0.311 e. The van der Waals surface area contributed by atoms with Crippen LogP contribution in [-0.4, -0.2) is 12.5 Å². The first-order valence-electron chi connectivity index (χ1n) is 5.97. The second-order valence-electron chi connectivity index (χ2n) is 4.55. The maximum Gasteiger partial charge on any atom is 0.230 e. The van der Waals surface area contributed by atoms with Gasteiger partial charge in [0.15, 0.2) is 0 Å². The van der Waals surface area contributed by atoms with Crippen LogP contribution < -0.4 is 4.90 Å². The third-order valence-corrected chi connectivity index (χ3v) is 3.21. The van der Waals surface area contributed by atoms with Crippen LogP contribution in [0.5, 0.6) is 0 Å². The number of para-hydroxylation sites is 1. The second-order valence-corrected chi connectivity index (χ2v) is 4.55. The predicted octanol–water partition coefficient (Wildman–Crippen LogP) is 2.59. The smallest absolute Gasteiger partial charge is 0.230 e. The summed E-state index contributed by atoms with van der Waals surface area (Å²) in [7, 11) is 0. The lowest BCUT2D eigenvalue weighted by molar-refractivity contribution is -0.120. The molecule has 17 heavy (non-hydrogen) atoms. The van der Waals surface area contributed by atoms with E-state index in [0.717, 1.165) is 12.1 Å². The summed E-state index contributed by atoms with van der Waals surface area (Å²) in [6.07, 6.45) is 1.36. The topological polar surface area (TPSA) is 44.1 Å². The molecule has 0 N–H and O–H groups in total. The van der Waals surface area contributed by atoms with Crippen LogP contribution in [0.15, 0.2) is 30.3 Å². The van der Waals surface area contributed by atoms with Crippen molar-refractivity contribution in [2.75, 3.05) is 11.4 Å². The van der Waals surface area contributed by atoms with Gasteiger partial charge >= 0.3 is 0 Å². The molecule has 0 spiro atoms. The Morgan fingerprint density at radius 3 is 2.65 bits per heavy atom. The summed E-state index contributed by atoms with van der Waals surface area (Å²) in [5, 5.41) is 8.66. The summed E-state index contributed by atoms with van der Waals surface area (Å²) in [5.74, 6) is 0.823. The minimum Gasteiger partial charge on any atom is -0.311 e. The minimum atomic E-state index is 0.161. The third kappa shape index (κ3) is 2.65. The van der Waals surface area contributed by atoms with Crippen LogP contribution in [-0.2, 0) is 4.79 Å². The van der Waals surface area contributed by atoms with E-state index < -0.39 is 0 Å². The molecule has 3 nitrogen and oxygen atoms in total. The van der Waals surface area contributed by atoms with E-state index in [4.69, 9.17) is 5.26 Å². The third-order valence-electron chi connectivity index (χ3n) is 3.21. The molecule has 2 atom stereocenters. The molecular weight excluding hydrogens is 212 g/mol. The second kappa shape index (κ2) is 5.01. The molecule has 1 saturated carbocycles. The van der Waals surface area contributed by atoms with Gasteiger partial charge in [0, 0.05) is 18.2 Å². The van der Waals surface area contributed by atoms with Crippen molar-refractivity contribution < 1.29 is 4.79 Å². The van der Waals surface area contributed by atoms with Gasteiger partial charge in [0.05, 0.1) is 12.5 Å². The van der Waals surface area contributed by atoms with Gasteiger partial charge in [-0.2, -0.15) is 5.26 Å². The molecular formula is C14H16N2O. The molecule has 0 radical (unpaired) electrons. The Bertz CT molecular complexity index is 435. The van der Waals surface area contributed by atoms with Crippen molar-refractivity contribution in [2.24, 2.45) is 11.8 Å². The number of rotatable bonds is 4. The molecule has 1 aliphatic rings. The fourth-order valence-corrected chi connectivity index (χ4v) is 2.00. The number of nitriles is 1. The van der Waals surface area contributed by atoms with Gasteiger partial charge in [0.25, 0.3) is 0 Å². The molecule has 0 bridgehead atoms. The van der Waals surface area contributed by atoms with E-state index in [1.54, 1.807) is 4.90 Å². The highest BCUT2D eigenvalue weighted by atomic mass is 16.2. The number of benzene rings is 1. The zero-order valence-corrected chi connectivity index (χ0v) is 9.97. The molecule has 3 heteroatoms. The molecule has 0 heterocycles. The van der Waals surface area contributed by atoms with Gasteiger partial charge < -0.3 is 4.90 Å². The predicted molar refractivity (Wildman–Crippen MR) is 66.3 cm³/mol. The number of hydrogen-bond donors (Lipinski definition) is 0. The van der Waals surface area contributed by atoms with Crippen LogP contribution in [0.4, 0.5) is 5.69 Å². The lowest BCUT2D eigenvalue weighted by Gasteiger charge is -2.21. The molecule has 1 amide bonds. The zero-order valence-electron chi connectivity index (χ0n) is 9.97. The number of anilines is 1. The summed E-state index contributed by atoms with van der Waals surface area (Å²) >= 11 is 0. The maximum absolute atomic E-state index is 12.2. The van der Waals surface area contributed by atoms with Crippen LogP contribution in [0.1, 0.15) is 19.8 Å². The highest BCUT2D eigenvalue weighted by Gasteiger charge is 2.41. The first-order chi connectivity index (χ1) is 8.24. The summed E-state index contributed by atoms with van der Waals surface area (Å²) in [4.78, 5) is 14.0. The van der Waals surface area contributed by atoms with Gasteiger partial charge in [-0.3, -0.25) is 4.79 Å². The van der Waals surface area contributed by atoms with Gasteiger partial charge in [0.1, 0.15) is 0 Å². The van der Waals surface area contributed by atoms with E-state index in [-0.39, 0.29) is 11.8 Å². The quantitative estimate of drug-likeness (QED) is 0.795. The van der Waals surface area contributed by atoms with Crippen molar-refractivity contribution in [3.05, 3.63) is 30.3 Å². The molecule has 1 fully saturated rings. The normalized spacial score (nSPS) is 21.6. The van der Waals surface area contributed by atoms with Crippen molar-refractivity contribution in [2.45, 2.75) is 19.8 Å². The van der Waals surface area contributed by atoms with Crippen LogP contribution in [0, 0.1) is 23.2 Å². The van der Waals surface area contributed by atoms with Gasteiger partial charge in [-0.05, 0) is 24.5 Å². The highest BCUT2D eigenvalue weighted by molar-refractivity contribution is 5.96. The van der Waals surface area contributed by atoms with E-state index in [2.05, 4.69) is 13.0 Å². The Hall–Kier alpha value is -1.82. The SMILES string of the molecule is CC1CC1C(=O)N(CCC#N)c1ccccc1. The fraction of sp³-hybridized carbons (Fsp3) is 0.429. The first-order valence-corrected chi connectivity index (χ1v) is 5.97. The molecule has 88 valence electrons. The van der Waals surface area contributed by atoms with Crippen LogP contribution in [0.3, 0.4) is 0 Å². The molecule has 0 saturated heterocycles. The molecule has 0 aromatic heterocycles. The Morgan fingerprint density at radius 1 is 1.47 bits per heavy atom. The number of nitrogens with zero attached hydrogens (tertiary/aromatic N) is 2. The van der Waals surface area contributed by atoms with E-state index in [0.29, 0.717) is 18.9 Å². The van der Waals surface area contributed by atoms with E-state index >= 15 is 0 Å². The molecule has 1 aromatic carbocycles. The molecule has 0 aliphatic heterocycles. The van der Waals surface area contributed by atoms with Gasteiger partial charge in [-0.25, -0.2) is 0 Å². The number of hydrogen-bond acceptors (Lipinski definition) is 2. The fourth-order valence-electron chi connectivity index (χ4n) is 2.00. The van der Waals surface area contributed by atoms with Crippen molar-refractivity contribution in [3.8, 4) is 6.07 Å². The van der Waals surface area contributed by atoms with Crippen LogP contribution in [0.25, 0.3) is 0 Å². The van der Waals surface area contributed by atoms with Crippen molar-refractivity contribution in [1.82, 2.24) is 0 Å². The zero-order chi connectivity index (χ0) is 12.3. The number of carbonyl (C=O) groups excluding carboxylic acids is 1. The van der Waals surface area contributed by atoms with E-state index in [1.807, 2.05) is 30.3 Å². The van der Waals surface area contributed by atoms with Crippen molar-refractivity contribution in [3.63, 3.8) is 0 Å². The lowest BCUT2D eigenvalue weighted by Crippen LogP contribution is -2.33. The summed E-state index contributed by atoms with van der Waals surface area (Å²) in [6, 6.07) is 11.7. The Labute approximate surface area is 102 Å². The first kappa shape index (κ1) is 11.7. The van der Waals surface area contributed by atoms with Crippen molar-refractivity contribution in [1.29, 1.82) is 5.26 Å². The molecule has 1 aliphatic carbocycles. The Kier molecular flexibility index (Phi) is 3.43. The number of carbonyl (C=O) groups is 1. The highest BCUT2D eigenvalue weighted by Crippen LogP contribution is 2.40. The molecule has 1 aromatic rings. The number of amides is 1. The lowest BCUT2D eigenvalue weighted by atomic mass is 10.2. The summed E-state index contributed by atoms with van der Waals surface area (Å²) < 4.78 is 0. The van der Waals surface area contributed by atoms with E-state index in [9.17, 15) is 4.79 Å². The maximum atomic E-state index is 12.2. The summed E-state index contributed by atoms with van der Waals surface area (Å²) in [6.45, 7) is 2.58. The van der Waals surface area contributed by atoms with Gasteiger partial charge in [-0.15, -0.1) is 0 Å². The summed E-state index contributed by atoms with van der Waals surface area (Å²) in [5.41, 5.74) is 0.895. The van der Waals surface area contributed by atoms with Gasteiger partial charge in [0.2, 0.25) is 5.91 Å². The molecule has 2 rings (SSSR count). The van der Waals surface area contributed by atoms with Gasteiger partial charge in [-0.1, -0.05) is 25.1 Å².